The molecule has 2 rings (SSSR count). The van der Waals surface area contributed by atoms with E-state index in [1.165, 1.54) is 6.07 Å². The largest absolute Gasteiger partial charge is 0.493 e. The average Bonchev–Trinajstić information content (AvgIpc) is 2.59. The molecule has 2 aromatic rings. The van der Waals surface area contributed by atoms with Gasteiger partial charge in [0.15, 0.2) is 6.29 Å². The van der Waals surface area contributed by atoms with E-state index >= 15 is 0 Å². The number of hydrogen-bond donors (Lipinski definition) is 0. The quantitative estimate of drug-likeness (QED) is 0.311. The van der Waals surface area contributed by atoms with Gasteiger partial charge in [-0.2, -0.15) is 0 Å². The number of unbranched alkanes of at least 4 members (excludes halogenated alkanes) is 1. The summed E-state index contributed by atoms with van der Waals surface area (Å²) in [6, 6.07) is 10.2. The Morgan fingerprint density at radius 1 is 1.25 bits per heavy atom. The molecule has 5 heteroatoms. The third-order valence-electron chi connectivity index (χ3n) is 3.53. The van der Waals surface area contributed by atoms with Crippen LogP contribution in [0.1, 0.15) is 46.0 Å². The zero-order chi connectivity index (χ0) is 17.5. The summed E-state index contributed by atoms with van der Waals surface area (Å²) in [5, 5.41) is 0.229. The van der Waals surface area contributed by atoms with Gasteiger partial charge in [-0.05, 0) is 37.1 Å². The van der Waals surface area contributed by atoms with Crippen LogP contribution in [0.25, 0.3) is 0 Å². The number of aldehydes is 1. The number of halogens is 1. The van der Waals surface area contributed by atoms with Crippen molar-refractivity contribution in [1.29, 1.82) is 0 Å². The first-order valence-corrected chi connectivity index (χ1v) is 8.14. The summed E-state index contributed by atoms with van der Waals surface area (Å²) < 4.78 is 11.1. The molecule has 0 spiro atoms. The predicted octanol–water partition coefficient (Wildman–Crippen LogP) is 4.86. The van der Waals surface area contributed by atoms with Gasteiger partial charge in [0.25, 0.3) is 0 Å². The van der Waals surface area contributed by atoms with Crippen molar-refractivity contribution in [3.8, 4) is 11.5 Å². The molecule has 0 aliphatic rings. The zero-order valence-corrected chi connectivity index (χ0v) is 14.4. The van der Waals surface area contributed by atoms with Crippen LogP contribution >= 0.6 is 11.6 Å². The molecule has 0 fully saturated rings. The number of carbonyl (C=O) groups excluding carboxylic acids is 2. The molecule has 0 aromatic heterocycles. The summed E-state index contributed by atoms with van der Waals surface area (Å²) in [6.45, 7) is 4.16. The zero-order valence-electron chi connectivity index (χ0n) is 13.7. The van der Waals surface area contributed by atoms with Crippen LogP contribution in [-0.2, 0) is 0 Å². The van der Waals surface area contributed by atoms with Crippen molar-refractivity contribution >= 4 is 23.9 Å². The van der Waals surface area contributed by atoms with E-state index in [0.29, 0.717) is 30.0 Å². The van der Waals surface area contributed by atoms with Crippen molar-refractivity contribution in [3.63, 3.8) is 0 Å². The van der Waals surface area contributed by atoms with Gasteiger partial charge in [-0.15, -0.1) is 0 Å². The van der Waals surface area contributed by atoms with E-state index in [4.69, 9.17) is 21.1 Å². The topological polar surface area (TPSA) is 52.6 Å². The lowest BCUT2D eigenvalue weighted by Gasteiger charge is -2.15. The van der Waals surface area contributed by atoms with Gasteiger partial charge in [0.05, 0.1) is 11.6 Å². The molecule has 0 saturated heterocycles. The third kappa shape index (κ3) is 4.15. The molecule has 126 valence electrons. The van der Waals surface area contributed by atoms with Gasteiger partial charge in [-0.1, -0.05) is 43.1 Å². The minimum Gasteiger partial charge on any atom is -0.493 e. The van der Waals surface area contributed by atoms with Gasteiger partial charge in [0.1, 0.15) is 17.1 Å². The second-order valence-electron chi connectivity index (χ2n) is 5.30. The summed E-state index contributed by atoms with van der Waals surface area (Å²) in [4.78, 5) is 23.8. The molecule has 0 saturated carbocycles. The van der Waals surface area contributed by atoms with E-state index in [2.05, 4.69) is 0 Å². The number of carbonyl (C=O) groups is 2. The Labute approximate surface area is 146 Å². The monoisotopic (exact) mass is 346 g/mol. The summed E-state index contributed by atoms with van der Waals surface area (Å²) in [7, 11) is 0. The van der Waals surface area contributed by atoms with Crippen LogP contribution in [0.5, 0.6) is 11.5 Å². The molecule has 0 N–H and O–H groups in total. The molecule has 0 aliphatic heterocycles. The van der Waals surface area contributed by atoms with Crippen LogP contribution in [-0.4, -0.2) is 18.9 Å². The molecule has 4 nitrogen and oxygen atoms in total. The maximum absolute atomic E-state index is 12.6. The summed E-state index contributed by atoms with van der Waals surface area (Å²) >= 11 is 6.18. The Bertz CT molecular complexity index is 726. The minimum absolute atomic E-state index is 0.229. The fourth-order valence-corrected chi connectivity index (χ4v) is 2.41. The van der Waals surface area contributed by atoms with E-state index in [0.717, 1.165) is 12.8 Å². The van der Waals surface area contributed by atoms with E-state index in [9.17, 15) is 9.59 Å². The highest BCUT2D eigenvalue weighted by molar-refractivity contribution is 6.34. The van der Waals surface area contributed by atoms with Crippen molar-refractivity contribution < 1.29 is 19.1 Å². The number of hydrogen-bond acceptors (Lipinski definition) is 4. The Morgan fingerprint density at radius 2 is 1.96 bits per heavy atom. The second kappa shape index (κ2) is 8.50. The SMILES string of the molecule is CCCCOc1cc(C=O)c(Cl)c(C)c1C(=O)Oc1ccccc1. The first-order valence-electron chi connectivity index (χ1n) is 7.76. The van der Waals surface area contributed by atoms with Crippen molar-refractivity contribution in [2.24, 2.45) is 0 Å². The van der Waals surface area contributed by atoms with Gasteiger partial charge in [-0.25, -0.2) is 4.79 Å². The Morgan fingerprint density at radius 3 is 2.58 bits per heavy atom. The van der Waals surface area contributed by atoms with Crippen LogP contribution in [0.4, 0.5) is 0 Å². The van der Waals surface area contributed by atoms with E-state index in [-0.39, 0.29) is 16.1 Å². The van der Waals surface area contributed by atoms with Crippen LogP contribution in [0, 0.1) is 6.92 Å². The molecule has 0 radical (unpaired) electrons. The Balaban J connectivity index is 2.39. The predicted molar refractivity (Wildman–Crippen MR) is 93.4 cm³/mol. The molecule has 24 heavy (non-hydrogen) atoms. The highest BCUT2D eigenvalue weighted by atomic mass is 35.5. The first kappa shape index (κ1) is 18.0. The first-order chi connectivity index (χ1) is 11.6. The molecule has 0 heterocycles. The summed E-state index contributed by atoms with van der Waals surface area (Å²) in [5.74, 6) is 0.176. The molecule has 2 aromatic carbocycles. The fourth-order valence-electron chi connectivity index (χ4n) is 2.21. The molecule has 0 aliphatic carbocycles. The molecular formula is C19H19ClO4. The van der Waals surface area contributed by atoms with Gasteiger partial charge < -0.3 is 9.47 Å². The standard InChI is InChI=1S/C19H19ClO4/c1-3-4-10-23-16-11-14(12-21)18(20)13(2)17(16)19(22)24-15-8-6-5-7-9-15/h5-9,11-12H,3-4,10H2,1-2H3. The van der Waals surface area contributed by atoms with E-state index < -0.39 is 5.97 Å². The third-order valence-corrected chi connectivity index (χ3v) is 4.03. The van der Waals surface area contributed by atoms with Gasteiger partial charge in [0, 0.05) is 5.56 Å². The fraction of sp³-hybridized carbons (Fsp3) is 0.263. The van der Waals surface area contributed by atoms with Crippen LogP contribution in [0.15, 0.2) is 36.4 Å². The van der Waals surface area contributed by atoms with E-state index in [1.807, 2.05) is 13.0 Å². The summed E-state index contributed by atoms with van der Waals surface area (Å²) in [6.07, 6.45) is 2.44. The molecular weight excluding hydrogens is 328 g/mol. The summed E-state index contributed by atoms with van der Waals surface area (Å²) in [5.41, 5.74) is 0.996. The van der Waals surface area contributed by atoms with Crippen molar-refractivity contribution in [2.75, 3.05) is 6.61 Å². The van der Waals surface area contributed by atoms with Gasteiger partial charge >= 0.3 is 5.97 Å². The number of para-hydroxylation sites is 1. The average molecular weight is 347 g/mol. The van der Waals surface area contributed by atoms with Crippen LogP contribution in [0.3, 0.4) is 0 Å². The highest BCUT2D eigenvalue weighted by Crippen LogP contribution is 2.32. The number of esters is 1. The van der Waals surface area contributed by atoms with E-state index in [1.54, 1.807) is 31.2 Å². The minimum atomic E-state index is -0.565. The Kier molecular flexibility index (Phi) is 6.38. The van der Waals surface area contributed by atoms with Crippen LogP contribution < -0.4 is 9.47 Å². The van der Waals surface area contributed by atoms with Crippen molar-refractivity contribution in [3.05, 3.63) is 58.1 Å². The smallest absolute Gasteiger partial charge is 0.347 e. The normalized spacial score (nSPS) is 10.3. The molecule has 0 atom stereocenters. The molecule has 0 unspecified atom stereocenters. The van der Waals surface area contributed by atoms with Gasteiger partial charge in [0.2, 0.25) is 0 Å². The highest BCUT2D eigenvalue weighted by Gasteiger charge is 2.22. The maximum Gasteiger partial charge on any atom is 0.347 e. The van der Waals surface area contributed by atoms with Crippen molar-refractivity contribution in [1.82, 2.24) is 0 Å². The lowest BCUT2D eigenvalue weighted by atomic mass is 10.0. The van der Waals surface area contributed by atoms with Crippen LogP contribution in [0.2, 0.25) is 5.02 Å². The molecule has 0 bridgehead atoms. The molecule has 0 amide bonds. The van der Waals surface area contributed by atoms with Gasteiger partial charge in [-0.3, -0.25) is 4.79 Å². The lowest BCUT2D eigenvalue weighted by molar-refractivity contribution is 0.0729. The second-order valence-corrected chi connectivity index (χ2v) is 5.68. The maximum atomic E-state index is 12.6. The number of benzene rings is 2. The van der Waals surface area contributed by atoms with Crippen molar-refractivity contribution in [2.45, 2.75) is 26.7 Å². The Hall–Kier alpha value is -2.33. The number of rotatable bonds is 7. The number of ether oxygens (including phenoxy) is 2. The lowest BCUT2D eigenvalue weighted by Crippen LogP contribution is -2.14.